The van der Waals surface area contributed by atoms with E-state index >= 15 is 0 Å². The van der Waals surface area contributed by atoms with Crippen LogP contribution < -0.4 is 9.80 Å². The maximum absolute atomic E-state index is 4.60. The van der Waals surface area contributed by atoms with Crippen molar-refractivity contribution in [3.8, 4) is 22.6 Å². The largest absolute Gasteiger partial charge is 0.309 e. The number of aromatic nitrogens is 4. The maximum atomic E-state index is 4.60. The van der Waals surface area contributed by atoms with Gasteiger partial charge in [0.15, 0.2) is 0 Å². The van der Waals surface area contributed by atoms with Crippen LogP contribution in [0, 0.1) is 0 Å². The van der Waals surface area contributed by atoms with Crippen LogP contribution >= 0.6 is 0 Å². The number of nitrogens with zero attached hydrogens (tertiary/aromatic N) is 6. The number of hydrogen-bond donors (Lipinski definition) is 0. The van der Waals surface area contributed by atoms with E-state index in [-0.39, 0.29) is 0 Å². The molecule has 1 aliphatic rings. The molecular weight excluding hydrogens is 613 g/mol. The van der Waals surface area contributed by atoms with Crippen LogP contribution in [0.1, 0.15) is 0 Å². The van der Waals surface area contributed by atoms with Crippen molar-refractivity contribution in [2.24, 2.45) is 0 Å². The molecule has 0 unspecified atom stereocenters. The molecule has 3 heterocycles. The van der Waals surface area contributed by atoms with Crippen molar-refractivity contribution in [1.82, 2.24) is 19.6 Å². The zero-order valence-corrected chi connectivity index (χ0v) is 27.0. The molecule has 2 aromatic heterocycles. The van der Waals surface area contributed by atoms with Crippen LogP contribution in [0.5, 0.6) is 0 Å². The first-order chi connectivity index (χ1) is 24.8. The molecule has 0 saturated carbocycles. The van der Waals surface area contributed by atoms with Gasteiger partial charge in [0.05, 0.1) is 45.7 Å². The zero-order valence-electron chi connectivity index (χ0n) is 27.0. The highest BCUT2D eigenvalue weighted by Crippen LogP contribution is 2.53. The summed E-state index contributed by atoms with van der Waals surface area (Å²) in [5.74, 6) is 0. The molecule has 236 valence electrons. The Hall–Kier alpha value is -6.92. The number of rotatable bonds is 5. The zero-order chi connectivity index (χ0) is 33.0. The van der Waals surface area contributed by atoms with Gasteiger partial charge in [0.2, 0.25) is 0 Å². The van der Waals surface area contributed by atoms with Crippen LogP contribution in [-0.4, -0.2) is 19.6 Å². The highest BCUT2D eigenvalue weighted by Gasteiger charge is 2.30. The lowest BCUT2D eigenvalue weighted by Gasteiger charge is -2.40. The first-order valence-corrected chi connectivity index (χ1v) is 16.8. The SMILES string of the molecule is c1ccc(N2c3ccccc3N(c3cccc(-n4cc(-c5ccc(-n6c7ccccc7c7ccccc76)cc5)nn4)c3)c3ccccc32)cc1. The molecule has 0 saturated heterocycles. The van der Waals surface area contributed by atoms with Crippen LogP contribution in [0.25, 0.3) is 44.4 Å². The Morgan fingerprint density at radius 2 is 0.880 bits per heavy atom. The second-order valence-corrected chi connectivity index (χ2v) is 12.5. The maximum Gasteiger partial charge on any atom is 0.113 e. The standard InChI is InChI=1S/C44H30N6/c1-2-13-32(14-3-1)49-41-21-8-10-23-43(41)50(44-24-11-9-22-42(44)49)35-16-12-15-34(29-35)47-30-38(45-46-47)31-25-27-33(28-26-31)48-39-19-6-4-17-36(39)37-18-5-7-20-40(37)48/h1-30H. The summed E-state index contributed by atoms with van der Waals surface area (Å²) in [6.45, 7) is 0. The molecule has 0 atom stereocenters. The second kappa shape index (κ2) is 11.4. The van der Waals surface area contributed by atoms with Crippen LogP contribution in [0.2, 0.25) is 0 Å². The van der Waals surface area contributed by atoms with Gasteiger partial charge in [-0.05, 0) is 78.9 Å². The summed E-state index contributed by atoms with van der Waals surface area (Å²) >= 11 is 0. The lowest BCUT2D eigenvalue weighted by molar-refractivity contribution is 0.804. The predicted molar refractivity (Wildman–Crippen MR) is 204 cm³/mol. The van der Waals surface area contributed by atoms with Crippen molar-refractivity contribution in [2.75, 3.05) is 9.80 Å². The number of para-hydroxylation sites is 7. The number of fused-ring (bicyclic) bond motifs is 5. The summed E-state index contributed by atoms with van der Waals surface area (Å²) in [5.41, 5.74) is 12.9. The van der Waals surface area contributed by atoms with Gasteiger partial charge in [-0.2, -0.15) is 0 Å². The molecule has 0 aliphatic carbocycles. The summed E-state index contributed by atoms with van der Waals surface area (Å²) in [6, 6.07) is 61.9. The van der Waals surface area contributed by atoms with Crippen LogP contribution in [0.3, 0.4) is 0 Å². The van der Waals surface area contributed by atoms with Crippen LogP contribution in [-0.2, 0) is 0 Å². The quantitative estimate of drug-likeness (QED) is 0.187. The minimum Gasteiger partial charge on any atom is -0.309 e. The van der Waals surface area contributed by atoms with E-state index in [2.05, 4.69) is 201 Å². The summed E-state index contributed by atoms with van der Waals surface area (Å²) in [5, 5.41) is 11.7. The van der Waals surface area contributed by atoms with Gasteiger partial charge in [0, 0.05) is 33.4 Å². The molecule has 7 aromatic carbocycles. The molecule has 6 heteroatoms. The molecule has 0 bridgehead atoms. The fourth-order valence-corrected chi connectivity index (χ4v) is 7.36. The molecule has 0 fully saturated rings. The third-order valence-corrected chi connectivity index (χ3v) is 9.59. The second-order valence-electron chi connectivity index (χ2n) is 12.5. The molecule has 9 aromatic rings. The van der Waals surface area contributed by atoms with Gasteiger partial charge in [-0.25, -0.2) is 4.68 Å². The molecule has 1 aliphatic heterocycles. The number of hydrogen-bond acceptors (Lipinski definition) is 4. The smallest absolute Gasteiger partial charge is 0.113 e. The lowest BCUT2D eigenvalue weighted by atomic mass is 10.0. The Morgan fingerprint density at radius 3 is 1.50 bits per heavy atom. The molecule has 0 amide bonds. The molecule has 0 N–H and O–H groups in total. The van der Waals surface area contributed by atoms with Gasteiger partial charge in [-0.3, -0.25) is 0 Å². The highest BCUT2D eigenvalue weighted by atomic mass is 15.4. The van der Waals surface area contributed by atoms with Crippen LogP contribution in [0.4, 0.5) is 34.1 Å². The minimum absolute atomic E-state index is 0.816. The van der Waals surface area contributed by atoms with E-state index < -0.39 is 0 Å². The third kappa shape index (κ3) is 4.43. The van der Waals surface area contributed by atoms with Crippen molar-refractivity contribution in [2.45, 2.75) is 0 Å². The van der Waals surface area contributed by atoms with Gasteiger partial charge in [0.25, 0.3) is 0 Å². The highest BCUT2D eigenvalue weighted by molar-refractivity contribution is 6.09. The van der Waals surface area contributed by atoms with E-state index in [4.69, 9.17) is 0 Å². The molecule has 10 rings (SSSR count). The lowest BCUT2D eigenvalue weighted by Crippen LogP contribution is -2.23. The van der Waals surface area contributed by atoms with Crippen molar-refractivity contribution < 1.29 is 0 Å². The fourth-order valence-electron chi connectivity index (χ4n) is 7.36. The molecule has 50 heavy (non-hydrogen) atoms. The summed E-state index contributed by atoms with van der Waals surface area (Å²) in [6.07, 6.45) is 2.00. The summed E-state index contributed by atoms with van der Waals surface area (Å²) in [7, 11) is 0. The predicted octanol–water partition coefficient (Wildman–Crippen LogP) is 11.3. The van der Waals surface area contributed by atoms with Crippen molar-refractivity contribution in [3.05, 3.63) is 182 Å². The van der Waals surface area contributed by atoms with Gasteiger partial charge in [0.1, 0.15) is 5.69 Å². The van der Waals surface area contributed by atoms with Gasteiger partial charge in [-0.1, -0.05) is 102 Å². The monoisotopic (exact) mass is 642 g/mol. The van der Waals surface area contributed by atoms with Crippen LogP contribution in [0.15, 0.2) is 182 Å². The van der Waals surface area contributed by atoms with E-state index in [0.29, 0.717) is 0 Å². The summed E-state index contributed by atoms with van der Waals surface area (Å²) < 4.78 is 4.19. The minimum atomic E-state index is 0.816. The van der Waals surface area contributed by atoms with Crippen molar-refractivity contribution in [3.63, 3.8) is 0 Å². The summed E-state index contributed by atoms with van der Waals surface area (Å²) in [4.78, 5) is 4.67. The average molecular weight is 643 g/mol. The Morgan fingerprint density at radius 1 is 0.380 bits per heavy atom. The van der Waals surface area contributed by atoms with E-state index in [1.165, 1.54) is 21.8 Å². The van der Waals surface area contributed by atoms with Gasteiger partial charge >= 0.3 is 0 Å². The van der Waals surface area contributed by atoms with Crippen molar-refractivity contribution in [1.29, 1.82) is 0 Å². The van der Waals surface area contributed by atoms with Gasteiger partial charge in [-0.15, -0.1) is 5.10 Å². The Balaban J connectivity index is 1.00. The average Bonchev–Trinajstić information content (AvgIpc) is 3.81. The number of benzene rings is 7. The first-order valence-electron chi connectivity index (χ1n) is 16.8. The third-order valence-electron chi connectivity index (χ3n) is 9.59. The molecule has 0 spiro atoms. The molecule has 6 nitrogen and oxygen atoms in total. The Bertz CT molecular complexity index is 2570. The van der Waals surface area contributed by atoms with E-state index in [9.17, 15) is 0 Å². The fraction of sp³-hybridized carbons (Fsp3) is 0. The van der Waals surface area contributed by atoms with E-state index in [1.54, 1.807) is 0 Å². The molecule has 0 radical (unpaired) electrons. The van der Waals surface area contributed by atoms with E-state index in [0.717, 1.165) is 56.8 Å². The van der Waals surface area contributed by atoms with Crippen molar-refractivity contribution >= 4 is 55.9 Å². The molecular formula is C44H30N6. The number of anilines is 6. The normalized spacial score (nSPS) is 12.3. The first kappa shape index (κ1) is 28.1. The van der Waals surface area contributed by atoms with E-state index in [1.807, 2.05) is 10.9 Å². The Labute approximate surface area is 289 Å². The Kier molecular flexibility index (Phi) is 6.39. The van der Waals surface area contributed by atoms with Gasteiger partial charge < -0.3 is 14.4 Å². The topological polar surface area (TPSA) is 42.1 Å².